The van der Waals surface area contributed by atoms with Crippen LogP contribution in [-0.4, -0.2) is 21.8 Å². The summed E-state index contributed by atoms with van der Waals surface area (Å²) in [6.45, 7) is 6.77. The van der Waals surface area contributed by atoms with E-state index in [4.69, 9.17) is 4.74 Å². The number of carbonyl (C=O) groups is 1. The zero-order chi connectivity index (χ0) is 15.9. The lowest BCUT2D eigenvalue weighted by Crippen LogP contribution is -2.36. The molecule has 2 rings (SSSR count). The van der Waals surface area contributed by atoms with Gasteiger partial charge in [0.1, 0.15) is 17.4 Å². The number of benzene rings is 1. The molecule has 2 aromatic rings. The molecule has 0 aliphatic heterocycles. The monoisotopic (exact) mass is 318 g/mol. The van der Waals surface area contributed by atoms with E-state index in [9.17, 15) is 4.79 Å². The van der Waals surface area contributed by atoms with Crippen LogP contribution < -0.4 is 4.74 Å². The van der Waals surface area contributed by atoms with Crippen LogP contribution in [0.4, 0.5) is 0 Å². The zero-order valence-electron chi connectivity index (χ0n) is 13.3. The largest absolute Gasteiger partial charge is 0.486 e. The van der Waals surface area contributed by atoms with Crippen molar-refractivity contribution in [2.24, 2.45) is 0 Å². The number of para-hydroxylation sites is 1. The van der Waals surface area contributed by atoms with Gasteiger partial charge in [0.25, 0.3) is 0 Å². The van der Waals surface area contributed by atoms with Crippen LogP contribution in [0.5, 0.6) is 5.75 Å². The van der Waals surface area contributed by atoms with E-state index >= 15 is 0 Å². The number of aromatic nitrogens is 1. The molecule has 118 valence electrons. The maximum absolute atomic E-state index is 11.7. The van der Waals surface area contributed by atoms with Gasteiger partial charge in [0.15, 0.2) is 0 Å². The Balaban J connectivity index is 1.94. The minimum absolute atomic E-state index is 0.0874. The molecule has 0 saturated carbocycles. The number of hydrogen-bond acceptors (Lipinski definition) is 4. The SMILES string of the molecule is CCC(C)N(Cc1csc(COc2ccccc2)n1)C(C)=O. The number of rotatable bonds is 7. The van der Waals surface area contributed by atoms with Crippen molar-refractivity contribution in [3.05, 3.63) is 46.4 Å². The van der Waals surface area contributed by atoms with E-state index in [1.54, 1.807) is 18.3 Å². The molecule has 0 aliphatic carbocycles. The Morgan fingerprint density at radius 3 is 2.73 bits per heavy atom. The van der Waals surface area contributed by atoms with Crippen LogP contribution in [0.25, 0.3) is 0 Å². The Labute approximate surface area is 135 Å². The highest BCUT2D eigenvalue weighted by Gasteiger charge is 2.17. The van der Waals surface area contributed by atoms with E-state index in [0.29, 0.717) is 13.2 Å². The minimum atomic E-state index is 0.0874. The summed E-state index contributed by atoms with van der Waals surface area (Å²) in [6.07, 6.45) is 0.938. The van der Waals surface area contributed by atoms with Gasteiger partial charge in [-0.3, -0.25) is 4.79 Å². The molecule has 1 amide bonds. The summed E-state index contributed by atoms with van der Waals surface area (Å²) in [7, 11) is 0. The third-order valence-electron chi connectivity index (χ3n) is 3.56. The molecule has 22 heavy (non-hydrogen) atoms. The molecule has 1 aromatic carbocycles. The third kappa shape index (κ3) is 4.56. The molecule has 1 aromatic heterocycles. The molecular weight excluding hydrogens is 296 g/mol. The molecule has 0 bridgehead atoms. The van der Waals surface area contributed by atoms with Gasteiger partial charge in [-0.15, -0.1) is 11.3 Å². The van der Waals surface area contributed by atoms with Gasteiger partial charge >= 0.3 is 0 Å². The number of carbonyl (C=O) groups excluding carboxylic acids is 1. The topological polar surface area (TPSA) is 42.4 Å². The summed E-state index contributed by atoms with van der Waals surface area (Å²) in [5.41, 5.74) is 0.923. The van der Waals surface area contributed by atoms with Crippen molar-refractivity contribution >= 4 is 17.2 Å². The average Bonchev–Trinajstić information content (AvgIpc) is 2.98. The normalized spacial score (nSPS) is 12.0. The van der Waals surface area contributed by atoms with Gasteiger partial charge in [0.05, 0.1) is 12.2 Å². The van der Waals surface area contributed by atoms with Gasteiger partial charge in [0, 0.05) is 18.3 Å². The van der Waals surface area contributed by atoms with Crippen molar-refractivity contribution < 1.29 is 9.53 Å². The molecule has 0 N–H and O–H groups in total. The first-order valence-electron chi connectivity index (χ1n) is 7.48. The molecule has 1 unspecified atom stereocenters. The first-order chi connectivity index (χ1) is 10.6. The fourth-order valence-corrected chi connectivity index (χ4v) is 2.82. The highest BCUT2D eigenvalue weighted by Crippen LogP contribution is 2.17. The maximum Gasteiger partial charge on any atom is 0.220 e. The summed E-state index contributed by atoms with van der Waals surface area (Å²) in [6, 6.07) is 9.92. The van der Waals surface area contributed by atoms with Gasteiger partial charge in [-0.05, 0) is 25.5 Å². The van der Waals surface area contributed by atoms with Gasteiger partial charge < -0.3 is 9.64 Å². The lowest BCUT2D eigenvalue weighted by Gasteiger charge is -2.26. The van der Waals surface area contributed by atoms with Crippen molar-refractivity contribution in [2.45, 2.75) is 46.4 Å². The van der Waals surface area contributed by atoms with Gasteiger partial charge in [-0.25, -0.2) is 4.98 Å². The van der Waals surface area contributed by atoms with Gasteiger partial charge in [-0.1, -0.05) is 25.1 Å². The molecule has 0 aliphatic rings. The number of amides is 1. The summed E-state index contributed by atoms with van der Waals surface area (Å²) in [4.78, 5) is 18.2. The van der Waals surface area contributed by atoms with Gasteiger partial charge in [-0.2, -0.15) is 0 Å². The lowest BCUT2D eigenvalue weighted by atomic mass is 10.2. The number of hydrogen-bond donors (Lipinski definition) is 0. The van der Waals surface area contributed by atoms with E-state index in [-0.39, 0.29) is 11.9 Å². The molecule has 4 nitrogen and oxygen atoms in total. The summed E-state index contributed by atoms with van der Waals surface area (Å²) in [5.74, 6) is 0.925. The van der Waals surface area contributed by atoms with Crippen molar-refractivity contribution in [3.8, 4) is 5.75 Å². The van der Waals surface area contributed by atoms with Crippen LogP contribution in [0, 0.1) is 0 Å². The maximum atomic E-state index is 11.7. The predicted molar refractivity (Wildman–Crippen MR) is 88.9 cm³/mol. The Morgan fingerprint density at radius 1 is 1.36 bits per heavy atom. The van der Waals surface area contributed by atoms with Crippen molar-refractivity contribution in [1.82, 2.24) is 9.88 Å². The number of thiazole rings is 1. The van der Waals surface area contributed by atoms with E-state index in [0.717, 1.165) is 22.9 Å². The van der Waals surface area contributed by atoms with E-state index in [1.165, 1.54) is 0 Å². The van der Waals surface area contributed by atoms with Gasteiger partial charge in [0.2, 0.25) is 5.91 Å². The number of nitrogens with zero attached hydrogens (tertiary/aromatic N) is 2. The second-order valence-corrected chi connectivity index (χ2v) is 6.18. The number of ether oxygens (including phenoxy) is 1. The molecular formula is C17H22N2O2S. The third-order valence-corrected chi connectivity index (χ3v) is 4.44. The minimum Gasteiger partial charge on any atom is -0.486 e. The summed E-state index contributed by atoms with van der Waals surface area (Å²) < 4.78 is 5.69. The Kier molecular flexibility index (Phi) is 5.95. The van der Waals surface area contributed by atoms with Crippen molar-refractivity contribution in [2.75, 3.05) is 0 Å². The average molecular weight is 318 g/mol. The molecule has 0 radical (unpaired) electrons. The second kappa shape index (κ2) is 7.94. The first kappa shape index (κ1) is 16.5. The molecule has 1 atom stereocenters. The van der Waals surface area contributed by atoms with E-state index in [1.807, 2.05) is 40.6 Å². The van der Waals surface area contributed by atoms with E-state index in [2.05, 4.69) is 18.8 Å². The predicted octanol–water partition coefficient (Wildman–Crippen LogP) is 3.87. The molecule has 0 fully saturated rings. The standard InChI is InChI=1S/C17H22N2O2S/c1-4-13(2)19(14(3)20)10-15-12-22-17(18-15)11-21-16-8-6-5-7-9-16/h5-9,12-13H,4,10-11H2,1-3H3. The fraction of sp³-hybridized carbons (Fsp3) is 0.412. The van der Waals surface area contributed by atoms with E-state index < -0.39 is 0 Å². The van der Waals surface area contributed by atoms with Crippen LogP contribution in [0.1, 0.15) is 37.9 Å². The quantitative estimate of drug-likeness (QED) is 0.778. The highest BCUT2D eigenvalue weighted by molar-refractivity contribution is 7.09. The smallest absolute Gasteiger partial charge is 0.220 e. The summed E-state index contributed by atoms with van der Waals surface area (Å²) in [5, 5.41) is 2.92. The van der Waals surface area contributed by atoms with Crippen LogP contribution in [0.15, 0.2) is 35.7 Å². The first-order valence-corrected chi connectivity index (χ1v) is 8.36. The Bertz CT molecular complexity index is 598. The zero-order valence-corrected chi connectivity index (χ0v) is 14.1. The van der Waals surface area contributed by atoms with Crippen LogP contribution >= 0.6 is 11.3 Å². The molecule has 1 heterocycles. The summed E-state index contributed by atoms with van der Waals surface area (Å²) >= 11 is 1.57. The Hall–Kier alpha value is -1.88. The van der Waals surface area contributed by atoms with Crippen molar-refractivity contribution in [3.63, 3.8) is 0 Å². The second-order valence-electron chi connectivity index (χ2n) is 5.24. The van der Waals surface area contributed by atoms with Crippen LogP contribution in [-0.2, 0) is 17.9 Å². The highest BCUT2D eigenvalue weighted by atomic mass is 32.1. The van der Waals surface area contributed by atoms with Crippen LogP contribution in [0.3, 0.4) is 0 Å². The lowest BCUT2D eigenvalue weighted by molar-refractivity contribution is -0.131. The Morgan fingerprint density at radius 2 is 2.09 bits per heavy atom. The van der Waals surface area contributed by atoms with Crippen molar-refractivity contribution in [1.29, 1.82) is 0 Å². The molecule has 0 spiro atoms. The fourth-order valence-electron chi connectivity index (χ4n) is 2.12. The van der Waals surface area contributed by atoms with Crippen LogP contribution in [0.2, 0.25) is 0 Å². The molecule has 0 saturated heterocycles. The molecule has 5 heteroatoms.